The highest BCUT2D eigenvalue weighted by Crippen LogP contribution is 2.14. The molecule has 0 radical (unpaired) electrons. The van der Waals surface area contributed by atoms with E-state index in [0.717, 1.165) is 38.8 Å². The van der Waals surface area contributed by atoms with Crippen LogP contribution in [0.2, 0.25) is 0 Å². The molecule has 21 heavy (non-hydrogen) atoms. The van der Waals surface area contributed by atoms with Crippen LogP contribution in [0.3, 0.4) is 0 Å². The number of rotatable bonds is 10. The summed E-state index contributed by atoms with van der Waals surface area (Å²) in [4.78, 5) is 22.2. The summed E-state index contributed by atoms with van der Waals surface area (Å²) >= 11 is 0. The zero-order valence-corrected chi connectivity index (χ0v) is 12.9. The predicted octanol–water partition coefficient (Wildman–Crippen LogP) is 1.15. The molecule has 0 aromatic rings. The van der Waals surface area contributed by atoms with Crippen LogP contribution >= 0.6 is 0 Å². The van der Waals surface area contributed by atoms with Gasteiger partial charge in [0.1, 0.15) is 6.61 Å². The van der Waals surface area contributed by atoms with Crippen LogP contribution in [-0.2, 0) is 14.3 Å². The number of piperidine rings is 1. The molecule has 1 atom stereocenters. The van der Waals surface area contributed by atoms with Crippen molar-refractivity contribution in [3.63, 3.8) is 0 Å². The van der Waals surface area contributed by atoms with Gasteiger partial charge in [-0.05, 0) is 44.7 Å². The van der Waals surface area contributed by atoms with Gasteiger partial charge < -0.3 is 20.5 Å². The molecule has 6 nitrogen and oxygen atoms in total. The molecule has 1 rings (SSSR count). The maximum absolute atomic E-state index is 11.7. The SMILES string of the molecule is CCC(CCNC(=O)COC1CCNCC1)CCC(=O)O. The summed E-state index contributed by atoms with van der Waals surface area (Å²) in [5, 5.41) is 14.8. The maximum atomic E-state index is 11.7. The Kier molecular flexibility index (Phi) is 9.01. The van der Waals surface area contributed by atoms with Gasteiger partial charge >= 0.3 is 5.97 Å². The number of amides is 1. The fraction of sp³-hybridized carbons (Fsp3) is 0.867. The number of carboxylic acid groups (broad SMARTS) is 1. The average molecular weight is 300 g/mol. The molecule has 1 fully saturated rings. The first-order valence-corrected chi connectivity index (χ1v) is 7.92. The van der Waals surface area contributed by atoms with E-state index in [1.54, 1.807) is 0 Å². The summed E-state index contributed by atoms with van der Waals surface area (Å²) in [5.41, 5.74) is 0. The van der Waals surface area contributed by atoms with E-state index in [-0.39, 0.29) is 25.0 Å². The first kappa shape index (κ1) is 17.9. The fourth-order valence-corrected chi connectivity index (χ4v) is 2.50. The second kappa shape index (κ2) is 10.6. The second-order valence-electron chi connectivity index (χ2n) is 5.61. The standard InChI is InChI=1S/C15H28N2O4/c1-2-12(3-4-15(19)20)5-10-17-14(18)11-21-13-6-8-16-9-7-13/h12-13,16H,2-11H2,1H3,(H,17,18)(H,19,20). The molecule has 3 N–H and O–H groups in total. The summed E-state index contributed by atoms with van der Waals surface area (Å²) in [7, 11) is 0. The molecule has 6 heteroatoms. The quantitative estimate of drug-likeness (QED) is 0.563. The summed E-state index contributed by atoms with van der Waals surface area (Å²) in [5.74, 6) is -0.485. The van der Waals surface area contributed by atoms with Crippen molar-refractivity contribution in [1.82, 2.24) is 10.6 Å². The molecular formula is C15H28N2O4. The summed E-state index contributed by atoms with van der Waals surface area (Å²) in [6.07, 6.45) is 4.74. The van der Waals surface area contributed by atoms with Gasteiger partial charge in [0.05, 0.1) is 6.10 Å². The molecule has 1 amide bonds. The van der Waals surface area contributed by atoms with Gasteiger partial charge in [0.2, 0.25) is 5.91 Å². The van der Waals surface area contributed by atoms with E-state index in [1.807, 2.05) is 0 Å². The van der Waals surface area contributed by atoms with Gasteiger partial charge in [-0.2, -0.15) is 0 Å². The number of ether oxygens (including phenoxy) is 1. The zero-order valence-electron chi connectivity index (χ0n) is 12.9. The molecule has 0 aromatic heterocycles. The van der Waals surface area contributed by atoms with Gasteiger partial charge in [-0.3, -0.25) is 9.59 Å². The highest BCUT2D eigenvalue weighted by molar-refractivity contribution is 5.77. The van der Waals surface area contributed by atoms with Crippen LogP contribution in [-0.4, -0.2) is 49.3 Å². The van der Waals surface area contributed by atoms with Crippen LogP contribution in [0.4, 0.5) is 0 Å². The van der Waals surface area contributed by atoms with Crippen molar-refractivity contribution < 1.29 is 19.4 Å². The molecule has 0 aliphatic carbocycles. The molecule has 1 saturated heterocycles. The number of hydrogen-bond donors (Lipinski definition) is 3. The van der Waals surface area contributed by atoms with Gasteiger partial charge in [-0.15, -0.1) is 0 Å². The third kappa shape index (κ3) is 8.67. The molecule has 1 aliphatic rings. The van der Waals surface area contributed by atoms with E-state index in [0.29, 0.717) is 18.9 Å². The Morgan fingerprint density at radius 1 is 1.33 bits per heavy atom. The van der Waals surface area contributed by atoms with Crippen molar-refractivity contribution >= 4 is 11.9 Å². The van der Waals surface area contributed by atoms with E-state index < -0.39 is 5.97 Å². The molecule has 0 aromatic carbocycles. The zero-order chi connectivity index (χ0) is 15.5. The lowest BCUT2D eigenvalue weighted by atomic mass is 9.97. The summed E-state index contributed by atoms with van der Waals surface area (Å²) < 4.78 is 5.58. The summed E-state index contributed by atoms with van der Waals surface area (Å²) in [6, 6.07) is 0. The molecule has 0 spiro atoms. The van der Waals surface area contributed by atoms with Gasteiger partial charge in [-0.25, -0.2) is 0 Å². The first-order chi connectivity index (χ1) is 10.1. The van der Waals surface area contributed by atoms with Crippen LogP contribution < -0.4 is 10.6 Å². The largest absolute Gasteiger partial charge is 0.481 e. The Hall–Kier alpha value is -1.14. The first-order valence-electron chi connectivity index (χ1n) is 7.92. The highest BCUT2D eigenvalue weighted by Gasteiger charge is 2.15. The van der Waals surface area contributed by atoms with E-state index in [4.69, 9.17) is 9.84 Å². The minimum Gasteiger partial charge on any atom is -0.481 e. The van der Waals surface area contributed by atoms with Crippen molar-refractivity contribution in [2.75, 3.05) is 26.2 Å². The maximum Gasteiger partial charge on any atom is 0.303 e. The lowest BCUT2D eigenvalue weighted by Gasteiger charge is -2.22. The Morgan fingerprint density at radius 2 is 2.05 bits per heavy atom. The van der Waals surface area contributed by atoms with Crippen LogP contribution in [0.1, 0.15) is 45.4 Å². The molecule has 1 heterocycles. The van der Waals surface area contributed by atoms with Crippen molar-refractivity contribution in [3.8, 4) is 0 Å². The minimum absolute atomic E-state index is 0.0818. The highest BCUT2D eigenvalue weighted by atomic mass is 16.5. The lowest BCUT2D eigenvalue weighted by molar-refractivity contribution is -0.137. The average Bonchev–Trinajstić information content (AvgIpc) is 2.49. The number of aliphatic carboxylic acids is 1. The van der Waals surface area contributed by atoms with Crippen LogP contribution in [0.5, 0.6) is 0 Å². The third-order valence-electron chi connectivity index (χ3n) is 3.95. The van der Waals surface area contributed by atoms with Crippen molar-refractivity contribution in [1.29, 1.82) is 0 Å². The molecule has 1 aliphatic heterocycles. The Balaban J connectivity index is 2.06. The van der Waals surface area contributed by atoms with Gasteiger partial charge in [0, 0.05) is 13.0 Å². The lowest BCUT2D eigenvalue weighted by Crippen LogP contribution is -2.36. The van der Waals surface area contributed by atoms with E-state index in [1.165, 1.54) is 0 Å². The summed E-state index contributed by atoms with van der Waals surface area (Å²) in [6.45, 7) is 4.67. The Labute approximate surface area is 126 Å². The van der Waals surface area contributed by atoms with Crippen molar-refractivity contribution in [2.24, 2.45) is 5.92 Å². The number of nitrogens with one attached hydrogen (secondary N) is 2. The molecule has 122 valence electrons. The second-order valence-corrected chi connectivity index (χ2v) is 5.61. The van der Waals surface area contributed by atoms with Crippen molar-refractivity contribution in [3.05, 3.63) is 0 Å². The van der Waals surface area contributed by atoms with Crippen LogP contribution in [0.25, 0.3) is 0 Å². The number of carbonyl (C=O) groups excluding carboxylic acids is 1. The van der Waals surface area contributed by atoms with Crippen molar-refractivity contribution in [2.45, 2.75) is 51.6 Å². The molecular weight excluding hydrogens is 272 g/mol. The number of carboxylic acids is 1. The van der Waals surface area contributed by atoms with E-state index in [9.17, 15) is 9.59 Å². The monoisotopic (exact) mass is 300 g/mol. The Morgan fingerprint density at radius 3 is 2.67 bits per heavy atom. The number of hydrogen-bond acceptors (Lipinski definition) is 4. The van der Waals surface area contributed by atoms with E-state index in [2.05, 4.69) is 17.6 Å². The van der Waals surface area contributed by atoms with Crippen LogP contribution in [0, 0.1) is 5.92 Å². The van der Waals surface area contributed by atoms with Crippen LogP contribution in [0.15, 0.2) is 0 Å². The smallest absolute Gasteiger partial charge is 0.303 e. The fourth-order valence-electron chi connectivity index (χ4n) is 2.50. The Bertz CT molecular complexity index is 317. The third-order valence-corrected chi connectivity index (χ3v) is 3.95. The minimum atomic E-state index is -0.757. The topological polar surface area (TPSA) is 87.7 Å². The normalized spacial score (nSPS) is 17.4. The molecule has 0 saturated carbocycles. The van der Waals surface area contributed by atoms with Gasteiger partial charge in [-0.1, -0.05) is 13.3 Å². The molecule has 1 unspecified atom stereocenters. The van der Waals surface area contributed by atoms with Gasteiger partial charge in [0.25, 0.3) is 0 Å². The molecule has 0 bridgehead atoms. The van der Waals surface area contributed by atoms with Gasteiger partial charge in [0.15, 0.2) is 0 Å². The van der Waals surface area contributed by atoms with E-state index >= 15 is 0 Å². The number of carbonyl (C=O) groups is 2. The predicted molar refractivity (Wildman–Crippen MR) is 80.1 cm³/mol.